The van der Waals surface area contributed by atoms with E-state index in [1.54, 1.807) is 0 Å². The Kier molecular flexibility index (Phi) is 6.53. The fraction of sp³-hybridized carbons (Fsp3) is 0.962. The van der Waals surface area contributed by atoms with Crippen molar-refractivity contribution < 1.29 is 24.9 Å². The Morgan fingerprint density at radius 3 is 2.52 bits per heavy atom. The maximum Gasteiger partial charge on any atom is 0.305 e. The molecule has 0 saturated heterocycles. The van der Waals surface area contributed by atoms with Crippen LogP contribution >= 0.6 is 0 Å². The molecule has 4 saturated carbocycles. The highest BCUT2D eigenvalue weighted by atomic mass is 16.5. The predicted molar refractivity (Wildman–Crippen MR) is 119 cm³/mol. The smallest absolute Gasteiger partial charge is 0.305 e. The van der Waals surface area contributed by atoms with Gasteiger partial charge in [0.2, 0.25) is 0 Å². The van der Waals surface area contributed by atoms with Crippen molar-refractivity contribution in [2.45, 2.75) is 104 Å². The molecule has 0 aliphatic heterocycles. The monoisotopic (exact) mass is 436 g/mol. The van der Waals surface area contributed by atoms with Gasteiger partial charge in [-0.05, 0) is 105 Å². The summed E-state index contributed by atoms with van der Waals surface area (Å²) in [7, 11) is 0. The van der Waals surface area contributed by atoms with Gasteiger partial charge in [0, 0.05) is 6.42 Å². The van der Waals surface area contributed by atoms with Gasteiger partial charge in [0.1, 0.15) is 0 Å². The van der Waals surface area contributed by atoms with Gasteiger partial charge >= 0.3 is 5.97 Å². The largest absolute Gasteiger partial charge is 0.466 e. The van der Waals surface area contributed by atoms with E-state index in [9.17, 15) is 20.1 Å². The number of aliphatic hydroxyl groups excluding tert-OH is 3. The number of esters is 1. The number of carbonyl (C=O) groups is 1. The summed E-state index contributed by atoms with van der Waals surface area (Å²) >= 11 is 0. The molecule has 4 aliphatic carbocycles. The van der Waals surface area contributed by atoms with Crippen molar-refractivity contribution in [2.24, 2.45) is 46.3 Å². The average molecular weight is 437 g/mol. The van der Waals surface area contributed by atoms with E-state index in [0.717, 1.165) is 51.4 Å². The molecule has 4 fully saturated rings. The van der Waals surface area contributed by atoms with Gasteiger partial charge in [-0.25, -0.2) is 0 Å². The van der Waals surface area contributed by atoms with Gasteiger partial charge in [-0.1, -0.05) is 20.8 Å². The van der Waals surface area contributed by atoms with Gasteiger partial charge in [0.05, 0.1) is 24.9 Å². The van der Waals surface area contributed by atoms with E-state index in [0.29, 0.717) is 42.6 Å². The summed E-state index contributed by atoms with van der Waals surface area (Å²) < 4.78 is 5.12. The molecule has 4 aliphatic rings. The lowest BCUT2D eigenvalue weighted by Crippen LogP contribution is -2.62. The van der Waals surface area contributed by atoms with Crippen LogP contribution in [0.2, 0.25) is 0 Å². The molecular formula is C26H44O5. The molecule has 4 rings (SSSR count). The Morgan fingerprint density at radius 1 is 1.06 bits per heavy atom. The number of carbonyl (C=O) groups excluding carboxylic acids is 1. The second kappa shape index (κ2) is 8.61. The molecule has 3 unspecified atom stereocenters. The van der Waals surface area contributed by atoms with Crippen LogP contribution in [0.5, 0.6) is 0 Å². The number of ether oxygens (including phenoxy) is 1. The summed E-state index contributed by atoms with van der Waals surface area (Å²) in [6.07, 6.45) is 6.62. The van der Waals surface area contributed by atoms with Gasteiger partial charge in [0.25, 0.3) is 0 Å². The maximum absolute atomic E-state index is 11.9. The van der Waals surface area contributed by atoms with Crippen molar-refractivity contribution in [1.29, 1.82) is 0 Å². The third-order valence-electron chi connectivity index (χ3n) is 10.6. The Balaban J connectivity index is 1.54. The van der Waals surface area contributed by atoms with Gasteiger partial charge in [-0.15, -0.1) is 0 Å². The summed E-state index contributed by atoms with van der Waals surface area (Å²) in [4.78, 5) is 11.9. The van der Waals surface area contributed by atoms with Crippen LogP contribution < -0.4 is 0 Å². The van der Waals surface area contributed by atoms with Gasteiger partial charge in [0.15, 0.2) is 0 Å². The zero-order valence-corrected chi connectivity index (χ0v) is 19.9. The minimum Gasteiger partial charge on any atom is -0.466 e. The highest BCUT2D eigenvalue weighted by Gasteiger charge is 2.65. The predicted octanol–water partition coefficient (Wildman–Crippen LogP) is 3.93. The summed E-state index contributed by atoms with van der Waals surface area (Å²) in [6.45, 7) is 9.13. The second-order valence-electron chi connectivity index (χ2n) is 11.8. The van der Waals surface area contributed by atoms with Crippen LogP contribution in [0, 0.1) is 46.3 Å². The zero-order valence-electron chi connectivity index (χ0n) is 19.9. The van der Waals surface area contributed by atoms with Crippen LogP contribution in [0.25, 0.3) is 0 Å². The van der Waals surface area contributed by atoms with Crippen LogP contribution in [-0.2, 0) is 9.53 Å². The normalized spacial score (nSPS) is 50.2. The molecule has 0 amide bonds. The van der Waals surface area contributed by atoms with Crippen LogP contribution in [0.1, 0.15) is 85.5 Å². The first-order valence-corrected chi connectivity index (χ1v) is 12.8. The molecule has 3 N–H and O–H groups in total. The van der Waals surface area contributed by atoms with E-state index in [4.69, 9.17) is 4.74 Å². The lowest BCUT2D eigenvalue weighted by atomic mass is 9.43. The van der Waals surface area contributed by atoms with Gasteiger partial charge in [-0.2, -0.15) is 0 Å². The topological polar surface area (TPSA) is 87.0 Å². The van der Waals surface area contributed by atoms with Crippen molar-refractivity contribution >= 4 is 5.97 Å². The van der Waals surface area contributed by atoms with E-state index in [-0.39, 0.29) is 41.0 Å². The molecule has 0 heterocycles. The molecular weight excluding hydrogens is 392 g/mol. The van der Waals surface area contributed by atoms with Crippen molar-refractivity contribution in [1.82, 2.24) is 0 Å². The molecule has 5 heteroatoms. The van der Waals surface area contributed by atoms with E-state index >= 15 is 0 Å². The molecule has 178 valence electrons. The number of fused-ring (bicyclic) bond motifs is 5. The maximum atomic E-state index is 11.9. The number of aliphatic hydroxyl groups is 3. The lowest BCUT2D eigenvalue weighted by Gasteiger charge is -2.63. The molecule has 0 aromatic carbocycles. The highest BCUT2D eigenvalue weighted by molar-refractivity contribution is 5.69. The first kappa shape index (κ1) is 23.5. The second-order valence-corrected chi connectivity index (χ2v) is 11.8. The van der Waals surface area contributed by atoms with E-state index in [1.807, 2.05) is 6.92 Å². The Hall–Kier alpha value is -0.650. The highest BCUT2D eigenvalue weighted by Crippen LogP contribution is 2.68. The minimum absolute atomic E-state index is 0.110. The number of hydrogen-bond acceptors (Lipinski definition) is 5. The molecule has 31 heavy (non-hydrogen) atoms. The third-order valence-corrected chi connectivity index (χ3v) is 10.6. The first-order chi connectivity index (χ1) is 14.6. The molecule has 0 aromatic rings. The first-order valence-electron chi connectivity index (χ1n) is 12.8. The van der Waals surface area contributed by atoms with E-state index in [2.05, 4.69) is 20.8 Å². The van der Waals surface area contributed by atoms with Gasteiger partial charge in [-0.3, -0.25) is 4.79 Å². The quantitative estimate of drug-likeness (QED) is 0.569. The molecule has 0 aromatic heterocycles. The fourth-order valence-corrected chi connectivity index (χ4v) is 8.91. The van der Waals surface area contributed by atoms with Crippen molar-refractivity contribution in [3.63, 3.8) is 0 Å². The van der Waals surface area contributed by atoms with Crippen LogP contribution in [0.15, 0.2) is 0 Å². The Labute approximate surface area is 187 Å². The summed E-state index contributed by atoms with van der Waals surface area (Å²) in [5.41, 5.74) is -0.0906. The molecule has 0 bridgehead atoms. The molecule has 5 nitrogen and oxygen atoms in total. The van der Waals surface area contributed by atoms with E-state index in [1.165, 1.54) is 0 Å². The zero-order chi connectivity index (χ0) is 22.6. The molecule has 0 spiro atoms. The Bertz CT molecular complexity index is 666. The summed E-state index contributed by atoms with van der Waals surface area (Å²) in [5.74, 6) is 1.84. The molecule has 0 radical (unpaired) electrons. The average Bonchev–Trinajstić information content (AvgIpc) is 3.07. The van der Waals surface area contributed by atoms with Crippen molar-refractivity contribution in [2.75, 3.05) is 6.61 Å². The third kappa shape index (κ3) is 3.77. The Morgan fingerprint density at radius 2 is 1.81 bits per heavy atom. The SMILES string of the molecule is CCOC(=O)CC[C@H](C)C1CC[C@H]2C3[C@H](O)CC4C[C@H](O)CC[C@]4(C)[C@H]3C[C@H](O)[C@]12C. The number of hydrogen-bond donors (Lipinski definition) is 3. The van der Waals surface area contributed by atoms with Gasteiger partial charge < -0.3 is 20.1 Å². The van der Waals surface area contributed by atoms with Crippen LogP contribution in [-0.4, -0.2) is 46.2 Å². The van der Waals surface area contributed by atoms with Crippen molar-refractivity contribution in [3.8, 4) is 0 Å². The van der Waals surface area contributed by atoms with Crippen LogP contribution in [0.4, 0.5) is 0 Å². The fourth-order valence-electron chi connectivity index (χ4n) is 8.91. The standard InChI is InChI=1S/C26H44O5/c1-5-31-23(30)9-6-15(2)18-7-8-19-24-20(14-22(29)26(18,19)4)25(3)11-10-17(27)12-16(25)13-21(24)28/h15-22,24,27-29H,5-14H2,1-4H3/t15-,16?,17+,18?,19-,20-,21+,22-,24?,25-,26+/m0/s1. The molecule has 11 atom stereocenters. The lowest BCUT2D eigenvalue weighted by molar-refractivity contribution is -0.207. The van der Waals surface area contributed by atoms with Crippen molar-refractivity contribution in [3.05, 3.63) is 0 Å². The minimum atomic E-state index is -0.370. The summed E-state index contributed by atoms with van der Waals surface area (Å²) in [5, 5.41) is 33.1. The summed E-state index contributed by atoms with van der Waals surface area (Å²) in [6, 6.07) is 0. The number of rotatable bonds is 5. The van der Waals surface area contributed by atoms with E-state index < -0.39 is 0 Å². The van der Waals surface area contributed by atoms with Crippen LogP contribution in [0.3, 0.4) is 0 Å².